The Morgan fingerprint density at radius 3 is 2.87 bits per heavy atom. The third kappa shape index (κ3) is 3.17. The van der Waals surface area contributed by atoms with Gasteiger partial charge in [0.25, 0.3) is 11.8 Å². The zero-order chi connectivity index (χ0) is 21.0. The van der Waals surface area contributed by atoms with Crippen LogP contribution in [0.2, 0.25) is 0 Å². The van der Waals surface area contributed by atoms with Crippen molar-refractivity contribution in [2.75, 3.05) is 6.79 Å². The highest BCUT2D eigenvalue weighted by Gasteiger charge is 2.48. The summed E-state index contributed by atoms with van der Waals surface area (Å²) in [6.45, 7) is 6.42. The van der Waals surface area contributed by atoms with Crippen LogP contribution in [0.15, 0.2) is 24.4 Å². The molecule has 1 atom stereocenters. The first-order valence-corrected chi connectivity index (χ1v) is 10.4. The van der Waals surface area contributed by atoms with Gasteiger partial charge in [0.15, 0.2) is 5.75 Å². The highest BCUT2D eigenvalue weighted by atomic mass is 16.7. The first-order chi connectivity index (χ1) is 14.3. The van der Waals surface area contributed by atoms with Gasteiger partial charge in [0.1, 0.15) is 12.4 Å². The van der Waals surface area contributed by atoms with Gasteiger partial charge in [-0.25, -0.2) is 4.98 Å². The van der Waals surface area contributed by atoms with Crippen molar-refractivity contribution in [2.24, 2.45) is 5.92 Å². The fourth-order valence-electron chi connectivity index (χ4n) is 4.64. The Kier molecular flexibility index (Phi) is 4.39. The maximum absolute atomic E-state index is 13.4. The van der Waals surface area contributed by atoms with Gasteiger partial charge >= 0.3 is 0 Å². The smallest absolute Gasteiger partial charge is 0.260 e. The lowest BCUT2D eigenvalue weighted by Gasteiger charge is -2.37. The van der Waals surface area contributed by atoms with Crippen molar-refractivity contribution in [2.45, 2.75) is 58.4 Å². The molecular weight excluding hydrogens is 384 g/mol. The molecule has 1 aromatic carbocycles. The number of carbonyl (C=O) groups is 1. The van der Waals surface area contributed by atoms with Gasteiger partial charge in [-0.1, -0.05) is 12.1 Å². The zero-order valence-electron chi connectivity index (χ0n) is 17.5. The van der Waals surface area contributed by atoms with Gasteiger partial charge in [-0.3, -0.25) is 4.79 Å². The summed E-state index contributed by atoms with van der Waals surface area (Å²) in [5, 5.41) is 10.7. The van der Waals surface area contributed by atoms with E-state index in [9.17, 15) is 9.90 Å². The number of hydrogen-bond acceptors (Lipinski definition) is 6. The van der Waals surface area contributed by atoms with Crippen molar-refractivity contribution >= 4 is 5.91 Å². The van der Waals surface area contributed by atoms with E-state index in [2.05, 4.69) is 4.98 Å². The number of aliphatic hydroxyl groups is 1. The van der Waals surface area contributed by atoms with E-state index in [0.717, 1.165) is 29.5 Å². The highest BCUT2D eigenvalue weighted by Crippen LogP contribution is 2.44. The molecule has 1 saturated carbocycles. The third-order valence-electron chi connectivity index (χ3n) is 6.15. The third-order valence-corrected chi connectivity index (χ3v) is 6.15. The molecule has 7 nitrogen and oxygen atoms in total. The molecule has 3 heterocycles. The fraction of sp³-hybridized carbons (Fsp3) is 0.478. The molecule has 0 radical (unpaired) electrons. The Hall–Kier alpha value is -2.80. The van der Waals surface area contributed by atoms with Gasteiger partial charge in [0.2, 0.25) is 6.79 Å². The lowest BCUT2D eigenvalue weighted by molar-refractivity contribution is -0.0224. The first-order valence-electron chi connectivity index (χ1n) is 10.4. The number of aryl methyl sites for hydroxylation is 1. The normalized spacial score (nSPS) is 18.5. The standard InChI is InChI=1S/C23H26N2O5/c1-13-9-24-21-19(29-12-30-21)16(13)11-28-17-6-4-5-15-10-25(22(26)18(15)17)20(14-7-8-14)23(2,3)27/h4-6,9,14,20,27H,7-8,10-12H2,1-3H3/t20-/m1/s1. The van der Waals surface area contributed by atoms with Crippen LogP contribution >= 0.6 is 0 Å². The molecule has 3 aliphatic rings. The second kappa shape index (κ2) is 6.87. The molecule has 30 heavy (non-hydrogen) atoms. The van der Waals surface area contributed by atoms with Gasteiger partial charge in [-0.15, -0.1) is 0 Å². The average molecular weight is 410 g/mol. The maximum Gasteiger partial charge on any atom is 0.260 e. The summed E-state index contributed by atoms with van der Waals surface area (Å²) in [7, 11) is 0. The number of rotatable bonds is 6. The first kappa shape index (κ1) is 19.2. The molecule has 0 spiro atoms. The second-order valence-electron chi connectivity index (χ2n) is 8.91. The van der Waals surface area contributed by atoms with Crippen molar-refractivity contribution in [3.63, 3.8) is 0 Å². The number of carbonyl (C=O) groups excluding carboxylic acids is 1. The van der Waals surface area contributed by atoms with E-state index in [4.69, 9.17) is 14.2 Å². The number of hydrogen-bond donors (Lipinski definition) is 1. The summed E-state index contributed by atoms with van der Waals surface area (Å²) >= 11 is 0. The van der Waals surface area contributed by atoms with E-state index < -0.39 is 5.60 Å². The summed E-state index contributed by atoms with van der Waals surface area (Å²) in [5.41, 5.74) is 2.38. The van der Waals surface area contributed by atoms with Crippen LogP contribution in [0.3, 0.4) is 0 Å². The van der Waals surface area contributed by atoms with Crippen LogP contribution in [0.5, 0.6) is 17.4 Å². The van der Waals surface area contributed by atoms with E-state index in [0.29, 0.717) is 35.4 Å². The lowest BCUT2D eigenvalue weighted by atomic mass is 9.93. The topological polar surface area (TPSA) is 81.1 Å². The number of ether oxygens (including phenoxy) is 3. The van der Waals surface area contributed by atoms with Crippen molar-refractivity contribution in [1.29, 1.82) is 0 Å². The van der Waals surface area contributed by atoms with Crippen molar-refractivity contribution in [1.82, 2.24) is 9.88 Å². The van der Waals surface area contributed by atoms with Crippen LogP contribution in [0, 0.1) is 12.8 Å². The predicted molar refractivity (Wildman–Crippen MR) is 109 cm³/mol. The summed E-state index contributed by atoms with van der Waals surface area (Å²) in [6.07, 6.45) is 3.83. The fourth-order valence-corrected chi connectivity index (χ4v) is 4.64. The molecule has 7 heteroatoms. The van der Waals surface area contributed by atoms with E-state index in [1.54, 1.807) is 20.0 Å². The van der Waals surface area contributed by atoms with Crippen LogP contribution in [0.4, 0.5) is 0 Å². The van der Waals surface area contributed by atoms with E-state index >= 15 is 0 Å². The highest BCUT2D eigenvalue weighted by molar-refractivity contribution is 6.01. The predicted octanol–water partition coefficient (Wildman–Crippen LogP) is 3.20. The minimum Gasteiger partial charge on any atom is -0.488 e. The van der Waals surface area contributed by atoms with Gasteiger partial charge in [0, 0.05) is 18.3 Å². The van der Waals surface area contributed by atoms with Crippen molar-refractivity contribution in [3.8, 4) is 17.4 Å². The number of pyridine rings is 1. The summed E-state index contributed by atoms with van der Waals surface area (Å²) in [4.78, 5) is 19.4. The molecule has 1 aliphatic carbocycles. The largest absolute Gasteiger partial charge is 0.488 e. The molecule has 0 unspecified atom stereocenters. The molecule has 0 saturated heterocycles. The van der Waals surface area contributed by atoms with Gasteiger partial charge in [-0.05, 0) is 56.7 Å². The zero-order valence-corrected chi connectivity index (χ0v) is 17.5. The Bertz CT molecular complexity index is 1010. The molecule has 2 aromatic rings. The van der Waals surface area contributed by atoms with Crippen LogP contribution in [0.1, 0.15) is 53.7 Å². The number of benzene rings is 1. The summed E-state index contributed by atoms with van der Waals surface area (Å²) in [5.74, 6) is 1.90. The molecule has 5 rings (SSSR count). The van der Waals surface area contributed by atoms with Gasteiger partial charge in [-0.2, -0.15) is 0 Å². The number of aromatic nitrogens is 1. The van der Waals surface area contributed by atoms with E-state index in [-0.39, 0.29) is 25.3 Å². The average Bonchev–Trinajstić information content (AvgIpc) is 3.29. The van der Waals surface area contributed by atoms with Gasteiger partial charge < -0.3 is 24.2 Å². The molecule has 1 aromatic heterocycles. The number of fused-ring (bicyclic) bond motifs is 2. The SMILES string of the molecule is Cc1cnc2c(c1COc1cccc3c1C(=O)N([C@H](C1CC1)C(C)(C)O)C3)OCO2. The molecule has 1 N–H and O–H groups in total. The minimum atomic E-state index is -0.952. The quantitative estimate of drug-likeness (QED) is 0.788. The van der Waals surface area contributed by atoms with Crippen LogP contribution in [-0.2, 0) is 13.2 Å². The Balaban J connectivity index is 1.42. The molecule has 0 bridgehead atoms. The molecule has 1 amide bonds. The summed E-state index contributed by atoms with van der Waals surface area (Å²) in [6, 6.07) is 5.50. The monoisotopic (exact) mass is 410 g/mol. The molecular formula is C23H26N2O5. The number of nitrogens with zero attached hydrogens (tertiary/aromatic N) is 2. The minimum absolute atomic E-state index is 0.0733. The van der Waals surface area contributed by atoms with E-state index in [1.165, 1.54) is 0 Å². The van der Waals surface area contributed by atoms with Crippen LogP contribution in [0.25, 0.3) is 0 Å². The summed E-state index contributed by atoms with van der Waals surface area (Å²) < 4.78 is 17.1. The Morgan fingerprint density at radius 1 is 1.33 bits per heavy atom. The Labute approximate surface area is 175 Å². The second-order valence-corrected chi connectivity index (χ2v) is 8.91. The van der Waals surface area contributed by atoms with Crippen LogP contribution in [-0.4, -0.2) is 39.3 Å². The number of amides is 1. The van der Waals surface area contributed by atoms with Gasteiger partial charge in [0.05, 0.1) is 17.2 Å². The van der Waals surface area contributed by atoms with Crippen LogP contribution < -0.4 is 14.2 Å². The molecule has 158 valence electrons. The van der Waals surface area contributed by atoms with E-state index in [1.807, 2.05) is 30.0 Å². The molecule has 2 aliphatic heterocycles. The van der Waals surface area contributed by atoms with Crippen molar-refractivity contribution < 1.29 is 24.1 Å². The molecule has 1 fully saturated rings. The maximum atomic E-state index is 13.4. The van der Waals surface area contributed by atoms with Crippen molar-refractivity contribution in [3.05, 3.63) is 46.6 Å². The Morgan fingerprint density at radius 2 is 2.13 bits per heavy atom. The lowest BCUT2D eigenvalue weighted by Crippen LogP contribution is -2.51.